The maximum absolute atomic E-state index is 12.1. The number of hydrogen-bond acceptors (Lipinski definition) is 2. The van der Waals surface area contributed by atoms with Gasteiger partial charge in [0.2, 0.25) is 5.91 Å². The molecule has 0 aromatic rings. The van der Waals surface area contributed by atoms with Gasteiger partial charge in [-0.1, -0.05) is 46.5 Å². The summed E-state index contributed by atoms with van der Waals surface area (Å²) in [5, 5.41) is 2.94. The molecule has 1 N–H and O–H groups in total. The Hall–Kier alpha value is -0.860. The van der Waals surface area contributed by atoms with Crippen LogP contribution in [-0.4, -0.2) is 17.7 Å². The molecule has 0 bridgehead atoms. The maximum atomic E-state index is 12.1. The number of nitrogens with one attached hydrogen (secondary N) is 1. The minimum absolute atomic E-state index is 0.0433. The standard InChI is InChI=1S/C16H29NO2/c1-12(18)15(16(2,3)4)17-14(19)11-13-9-7-5-6-8-10-13/h13,15H,5-11H2,1-4H3,(H,17,19). The molecule has 0 aromatic heterocycles. The minimum Gasteiger partial charge on any atom is -0.346 e. The highest BCUT2D eigenvalue weighted by atomic mass is 16.2. The molecule has 1 aliphatic carbocycles. The van der Waals surface area contributed by atoms with Crippen molar-refractivity contribution in [3.8, 4) is 0 Å². The lowest BCUT2D eigenvalue weighted by Gasteiger charge is -2.29. The van der Waals surface area contributed by atoms with Crippen molar-refractivity contribution >= 4 is 11.7 Å². The van der Waals surface area contributed by atoms with Gasteiger partial charge >= 0.3 is 0 Å². The van der Waals surface area contributed by atoms with Crippen LogP contribution in [-0.2, 0) is 9.59 Å². The van der Waals surface area contributed by atoms with Gasteiger partial charge in [0.1, 0.15) is 0 Å². The van der Waals surface area contributed by atoms with Gasteiger partial charge in [-0.2, -0.15) is 0 Å². The fourth-order valence-corrected chi connectivity index (χ4v) is 2.98. The van der Waals surface area contributed by atoms with Gasteiger partial charge < -0.3 is 5.32 Å². The van der Waals surface area contributed by atoms with Gasteiger partial charge in [-0.25, -0.2) is 0 Å². The number of carbonyl (C=O) groups is 2. The van der Waals surface area contributed by atoms with Crippen molar-refractivity contribution in [3.05, 3.63) is 0 Å². The fourth-order valence-electron chi connectivity index (χ4n) is 2.98. The van der Waals surface area contributed by atoms with E-state index in [-0.39, 0.29) is 23.1 Å². The molecule has 0 saturated heterocycles. The quantitative estimate of drug-likeness (QED) is 0.793. The first-order valence-corrected chi connectivity index (χ1v) is 7.60. The average molecular weight is 267 g/mol. The van der Waals surface area contributed by atoms with Crippen LogP contribution in [0.25, 0.3) is 0 Å². The van der Waals surface area contributed by atoms with Gasteiger partial charge in [0.05, 0.1) is 6.04 Å². The molecule has 0 spiro atoms. The molecule has 1 fully saturated rings. The van der Waals surface area contributed by atoms with Crippen LogP contribution in [0.15, 0.2) is 0 Å². The largest absolute Gasteiger partial charge is 0.346 e. The van der Waals surface area contributed by atoms with E-state index in [2.05, 4.69) is 5.32 Å². The van der Waals surface area contributed by atoms with E-state index in [0.29, 0.717) is 12.3 Å². The second-order valence-corrected chi connectivity index (χ2v) is 7.04. The van der Waals surface area contributed by atoms with Crippen LogP contribution in [0.4, 0.5) is 0 Å². The number of ketones is 1. The number of Topliss-reactive ketones (excluding diaryl/α,β-unsaturated/α-hetero) is 1. The first kappa shape index (κ1) is 16.2. The molecule has 1 unspecified atom stereocenters. The molecular formula is C16H29NO2. The van der Waals surface area contributed by atoms with Crippen molar-refractivity contribution in [2.75, 3.05) is 0 Å². The van der Waals surface area contributed by atoms with Crippen LogP contribution in [0.5, 0.6) is 0 Å². The Bertz CT molecular complexity index is 309. The Balaban J connectivity index is 2.50. The van der Waals surface area contributed by atoms with E-state index < -0.39 is 0 Å². The lowest BCUT2D eigenvalue weighted by Crippen LogP contribution is -2.48. The summed E-state index contributed by atoms with van der Waals surface area (Å²) in [6.45, 7) is 7.53. The lowest BCUT2D eigenvalue weighted by molar-refractivity contribution is -0.129. The van der Waals surface area contributed by atoms with Crippen molar-refractivity contribution in [3.63, 3.8) is 0 Å². The van der Waals surface area contributed by atoms with Crippen molar-refractivity contribution < 1.29 is 9.59 Å². The zero-order valence-electron chi connectivity index (χ0n) is 12.9. The van der Waals surface area contributed by atoms with Crippen LogP contribution in [0, 0.1) is 11.3 Å². The van der Waals surface area contributed by atoms with Gasteiger partial charge in [0.25, 0.3) is 0 Å². The normalized spacial score (nSPS) is 19.6. The SMILES string of the molecule is CC(=O)C(NC(=O)CC1CCCCCC1)C(C)(C)C. The monoisotopic (exact) mass is 267 g/mol. The molecule has 3 heteroatoms. The summed E-state index contributed by atoms with van der Waals surface area (Å²) >= 11 is 0. The lowest BCUT2D eigenvalue weighted by atomic mass is 9.84. The maximum Gasteiger partial charge on any atom is 0.220 e. The van der Waals surface area contributed by atoms with Crippen LogP contribution in [0.1, 0.15) is 72.6 Å². The molecule has 1 rings (SSSR count). The van der Waals surface area contributed by atoms with E-state index in [1.807, 2.05) is 20.8 Å². The summed E-state index contributed by atoms with van der Waals surface area (Å²) in [7, 11) is 0. The average Bonchev–Trinajstić information content (AvgIpc) is 2.52. The Kier molecular flexibility index (Phi) is 6.02. The molecular weight excluding hydrogens is 238 g/mol. The van der Waals surface area contributed by atoms with E-state index in [0.717, 1.165) is 12.8 Å². The number of hydrogen-bond donors (Lipinski definition) is 1. The summed E-state index contributed by atoms with van der Waals surface area (Å²) in [6.07, 6.45) is 7.99. The molecule has 1 amide bonds. The predicted molar refractivity (Wildman–Crippen MR) is 77.9 cm³/mol. The number of amides is 1. The van der Waals surface area contributed by atoms with Crippen LogP contribution in [0.2, 0.25) is 0 Å². The van der Waals surface area contributed by atoms with Crippen molar-refractivity contribution in [2.45, 2.75) is 78.7 Å². The highest BCUT2D eigenvalue weighted by molar-refractivity contribution is 5.88. The van der Waals surface area contributed by atoms with Crippen LogP contribution < -0.4 is 5.32 Å². The molecule has 0 heterocycles. The van der Waals surface area contributed by atoms with Crippen molar-refractivity contribution in [1.82, 2.24) is 5.32 Å². The third kappa shape index (κ3) is 5.75. The second kappa shape index (κ2) is 7.06. The Labute approximate surface area is 117 Å². The molecule has 0 radical (unpaired) electrons. The van der Waals surface area contributed by atoms with Crippen LogP contribution >= 0.6 is 0 Å². The summed E-state index contributed by atoms with van der Waals surface area (Å²) in [4.78, 5) is 23.8. The second-order valence-electron chi connectivity index (χ2n) is 7.04. The third-order valence-corrected chi connectivity index (χ3v) is 4.03. The van der Waals surface area contributed by atoms with Crippen LogP contribution in [0.3, 0.4) is 0 Å². The molecule has 110 valence electrons. The highest BCUT2D eigenvalue weighted by Gasteiger charge is 2.30. The molecule has 0 aliphatic heterocycles. The van der Waals surface area contributed by atoms with E-state index in [9.17, 15) is 9.59 Å². The predicted octanol–water partition coefficient (Wildman–Crippen LogP) is 3.47. The first-order valence-electron chi connectivity index (χ1n) is 7.60. The summed E-state index contributed by atoms with van der Waals surface area (Å²) in [5.74, 6) is 0.596. The molecule has 0 aromatic carbocycles. The van der Waals surface area contributed by atoms with Gasteiger partial charge in [-0.15, -0.1) is 0 Å². The molecule has 1 atom stereocenters. The number of rotatable bonds is 4. The highest BCUT2D eigenvalue weighted by Crippen LogP contribution is 2.26. The van der Waals surface area contributed by atoms with Crippen molar-refractivity contribution in [1.29, 1.82) is 0 Å². The fraction of sp³-hybridized carbons (Fsp3) is 0.875. The molecule has 1 saturated carbocycles. The smallest absolute Gasteiger partial charge is 0.220 e. The zero-order chi connectivity index (χ0) is 14.5. The van der Waals surface area contributed by atoms with Gasteiger partial charge in [0.15, 0.2) is 5.78 Å². The zero-order valence-corrected chi connectivity index (χ0v) is 12.9. The topological polar surface area (TPSA) is 46.2 Å². The number of carbonyl (C=O) groups excluding carboxylic acids is 2. The molecule has 3 nitrogen and oxygen atoms in total. The summed E-state index contributed by atoms with van der Waals surface area (Å²) in [6, 6.07) is -0.370. The summed E-state index contributed by atoms with van der Waals surface area (Å²) < 4.78 is 0. The minimum atomic E-state index is -0.370. The van der Waals surface area contributed by atoms with Gasteiger partial charge in [0, 0.05) is 6.42 Å². The Morgan fingerprint density at radius 3 is 2.05 bits per heavy atom. The van der Waals surface area contributed by atoms with E-state index in [4.69, 9.17) is 0 Å². The first-order chi connectivity index (χ1) is 8.80. The summed E-state index contributed by atoms with van der Waals surface area (Å²) in [5.41, 5.74) is -0.217. The molecule has 19 heavy (non-hydrogen) atoms. The Morgan fingerprint density at radius 2 is 1.63 bits per heavy atom. The molecule has 1 aliphatic rings. The third-order valence-electron chi connectivity index (χ3n) is 4.03. The van der Waals surface area contributed by atoms with Crippen molar-refractivity contribution in [2.24, 2.45) is 11.3 Å². The van der Waals surface area contributed by atoms with Gasteiger partial charge in [-0.05, 0) is 31.1 Å². The van der Waals surface area contributed by atoms with E-state index in [1.165, 1.54) is 25.7 Å². The van der Waals surface area contributed by atoms with E-state index >= 15 is 0 Å². The van der Waals surface area contributed by atoms with E-state index in [1.54, 1.807) is 6.92 Å². The Morgan fingerprint density at radius 1 is 1.11 bits per heavy atom. The van der Waals surface area contributed by atoms with Gasteiger partial charge in [-0.3, -0.25) is 9.59 Å².